The number of carbonyl (C=O) groups is 1. The van der Waals surface area contributed by atoms with Crippen LogP contribution in [0.25, 0.3) is 0 Å². The Morgan fingerprint density at radius 3 is 2.55 bits per heavy atom. The van der Waals surface area contributed by atoms with Crippen LogP contribution in [0, 0.1) is 0 Å². The second-order valence-electron chi connectivity index (χ2n) is 3.97. The highest BCUT2D eigenvalue weighted by Gasteiger charge is 2.38. The molecule has 9 heteroatoms. The van der Waals surface area contributed by atoms with Gasteiger partial charge in [0.25, 0.3) is 5.91 Å². The average Bonchev–Trinajstić information content (AvgIpc) is 2.76. The van der Waals surface area contributed by atoms with Crippen LogP contribution < -0.4 is 16.0 Å². The Labute approximate surface area is 114 Å². The highest BCUT2D eigenvalue weighted by molar-refractivity contribution is 5.95. The number of hydrogen-bond acceptors (Lipinski definition) is 4. The Hall–Kier alpha value is -2.19. The molecule has 0 aliphatic carbocycles. The van der Waals surface area contributed by atoms with Gasteiger partial charge >= 0.3 is 6.18 Å². The maximum atomic E-state index is 12.7. The molecule has 1 amide bonds. The molecule has 3 N–H and O–H groups in total. The van der Waals surface area contributed by atoms with Crippen LogP contribution in [0.2, 0.25) is 0 Å². The summed E-state index contributed by atoms with van der Waals surface area (Å²) in [7, 11) is 2.99. The van der Waals surface area contributed by atoms with Crippen molar-refractivity contribution in [2.75, 3.05) is 20.1 Å². The van der Waals surface area contributed by atoms with E-state index in [2.05, 4.69) is 27.6 Å². The molecular weight excluding hydrogens is 275 g/mol. The van der Waals surface area contributed by atoms with E-state index < -0.39 is 23.3 Å². The van der Waals surface area contributed by atoms with E-state index in [9.17, 15) is 18.0 Å². The van der Waals surface area contributed by atoms with Crippen molar-refractivity contribution in [2.45, 2.75) is 6.18 Å². The molecule has 0 radical (unpaired) electrons. The van der Waals surface area contributed by atoms with Gasteiger partial charge in [0.05, 0.1) is 11.4 Å². The van der Waals surface area contributed by atoms with E-state index in [1.807, 2.05) is 0 Å². The van der Waals surface area contributed by atoms with Crippen molar-refractivity contribution in [3.63, 3.8) is 0 Å². The SMILES string of the molecule is C=C(NC)NCCNC(=O)c1cn(C)nc1C(F)(F)F. The number of amides is 1. The minimum atomic E-state index is -4.66. The lowest BCUT2D eigenvalue weighted by atomic mass is 10.2. The van der Waals surface area contributed by atoms with Gasteiger partial charge in [-0.05, 0) is 0 Å². The predicted octanol–water partition coefficient (Wildman–Crippen LogP) is 0.449. The van der Waals surface area contributed by atoms with E-state index in [1.165, 1.54) is 7.05 Å². The lowest BCUT2D eigenvalue weighted by Crippen LogP contribution is -2.34. The largest absolute Gasteiger partial charge is 0.435 e. The summed E-state index contributed by atoms with van der Waals surface area (Å²) in [5, 5.41) is 11.2. The number of hydrogen-bond donors (Lipinski definition) is 3. The van der Waals surface area contributed by atoms with Crippen LogP contribution in [0.3, 0.4) is 0 Å². The maximum absolute atomic E-state index is 12.7. The fourth-order valence-electron chi connectivity index (χ4n) is 1.44. The van der Waals surface area contributed by atoms with Crippen LogP contribution in [0.15, 0.2) is 18.6 Å². The van der Waals surface area contributed by atoms with Crippen LogP contribution in [-0.4, -0.2) is 35.8 Å². The molecule has 20 heavy (non-hydrogen) atoms. The molecule has 0 aliphatic rings. The van der Waals surface area contributed by atoms with Crippen LogP contribution in [0.4, 0.5) is 13.2 Å². The van der Waals surface area contributed by atoms with Crippen molar-refractivity contribution in [3.8, 4) is 0 Å². The van der Waals surface area contributed by atoms with Crippen molar-refractivity contribution in [1.82, 2.24) is 25.7 Å². The lowest BCUT2D eigenvalue weighted by Gasteiger charge is -2.10. The van der Waals surface area contributed by atoms with Crippen LogP contribution in [-0.2, 0) is 13.2 Å². The normalized spacial score (nSPS) is 11.1. The molecule has 0 bridgehead atoms. The van der Waals surface area contributed by atoms with Gasteiger partial charge in [-0.15, -0.1) is 0 Å². The molecule has 6 nitrogen and oxygen atoms in total. The van der Waals surface area contributed by atoms with Crippen LogP contribution >= 0.6 is 0 Å². The molecule has 0 fully saturated rings. The number of rotatable bonds is 6. The number of alkyl halides is 3. The highest BCUT2D eigenvalue weighted by atomic mass is 19.4. The molecule has 1 rings (SSSR count). The zero-order valence-electron chi connectivity index (χ0n) is 11.1. The van der Waals surface area contributed by atoms with Gasteiger partial charge in [-0.25, -0.2) is 0 Å². The molecule has 0 aliphatic heterocycles. The molecule has 1 aromatic heterocycles. The van der Waals surface area contributed by atoms with Crippen LogP contribution in [0.5, 0.6) is 0 Å². The smallest absolute Gasteiger partial charge is 0.375 e. The van der Waals surface area contributed by atoms with Crippen molar-refractivity contribution in [2.24, 2.45) is 7.05 Å². The Bertz CT molecular complexity index is 495. The summed E-state index contributed by atoms with van der Waals surface area (Å²) >= 11 is 0. The highest BCUT2D eigenvalue weighted by Crippen LogP contribution is 2.30. The molecule has 112 valence electrons. The fraction of sp³-hybridized carbons (Fsp3) is 0.455. The van der Waals surface area contributed by atoms with Gasteiger partial charge in [0.1, 0.15) is 0 Å². The quantitative estimate of drug-likeness (QED) is 0.666. The molecule has 0 saturated carbocycles. The van der Waals surface area contributed by atoms with E-state index >= 15 is 0 Å². The zero-order chi connectivity index (χ0) is 15.3. The number of nitrogens with one attached hydrogen (secondary N) is 3. The second kappa shape index (κ2) is 6.31. The molecule has 1 aromatic rings. The Morgan fingerprint density at radius 2 is 2.00 bits per heavy atom. The molecule has 1 heterocycles. The van der Waals surface area contributed by atoms with Crippen molar-refractivity contribution < 1.29 is 18.0 Å². The molecule has 0 unspecified atom stereocenters. The van der Waals surface area contributed by atoms with Gasteiger partial charge in [-0.2, -0.15) is 18.3 Å². The predicted molar refractivity (Wildman–Crippen MR) is 66.7 cm³/mol. The third kappa shape index (κ3) is 4.18. The molecular formula is C11H16F3N5O. The van der Waals surface area contributed by atoms with Gasteiger partial charge in [0.2, 0.25) is 0 Å². The topological polar surface area (TPSA) is 71.0 Å². The average molecular weight is 291 g/mol. The summed E-state index contributed by atoms with van der Waals surface area (Å²) in [4.78, 5) is 11.7. The first-order valence-electron chi connectivity index (χ1n) is 5.75. The van der Waals surface area contributed by atoms with Crippen molar-refractivity contribution in [3.05, 3.63) is 29.9 Å². The van der Waals surface area contributed by atoms with Gasteiger partial charge in [0.15, 0.2) is 5.69 Å². The second-order valence-corrected chi connectivity index (χ2v) is 3.97. The summed E-state index contributed by atoms with van der Waals surface area (Å²) in [6.07, 6.45) is -3.62. The fourth-order valence-corrected chi connectivity index (χ4v) is 1.44. The first kappa shape index (κ1) is 15.9. The number of aromatic nitrogens is 2. The van der Waals surface area contributed by atoms with Crippen molar-refractivity contribution >= 4 is 5.91 Å². The first-order valence-corrected chi connectivity index (χ1v) is 5.75. The van der Waals surface area contributed by atoms with Gasteiger partial charge in [-0.3, -0.25) is 9.48 Å². The summed E-state index contributed by atoms with van der Waals surface area (Å²) in [5.41, 5.74) is -1.68. The summed E-state index contributed by atoms with van der Waals surface area (Å²) in [6, 6.07) is 0. The minimum absolute atomic E-state index is 0.158. The van der Waals surface area contributed by atoms with Gasteiger partial charge in [-0.1, -0.05) is 6.58 Å². The first-order chi connectivity index (χ1) is 9.25. The van der Waals surface area contributed by atoms with Gasteiger partial charge in [0, 0.05) is 33.4 Å². The Balaban J connectivity index is 2.62. The Kier molecular flexibility index (Phi) is 5.00. The van der Waals surface area contributed by atoms with Crippen molar-refractivity contribution in [1.29, 1.82) is 0 Å². The summed E-state index contributed by atoms with van der Waals surface area (Å²) in [6.45, 7) is 4.10. The monoisotopic (exact) mass is 291 g/mol. The van der Waals surface area contributed by atoms with E-state index in [1.54, 1.807) is 7.05 Å². The molecule has 0 spiro atoms. The maximum Gasteiger partial charge on any atom is 0.435 e. The minimum Gasteiger partial charge on any atom is -0.375 e. The van der Waals surface area contributed by atoms with E-state index in [4.69, 9.17) is 0 Å². The van der Waals surface area contributed by atoms with E-state index in [0.717, 1.165) is 10.9 Å². The summed E-state index contributed by atoms with van der Waals surface area (Å²) < 4.78 is 39.0. The third-order valence-electron chi connectivity index (χ3n) is 2.39. The number of halogens is 3. The van der Waals surface area contributed by atoms with E-state index in [0.29, 0.717) is 12.4 Å². The summed E-state index contributed by atoms with van der Waals surface area (Å²) in [5.74, 6) is -0.265. The standard InChI is InChI=1S/C11H16F3N5O/c1-7(15-2)16-4-5-17-10(20)8-6-19(3)18-9(8)11(12,13)14/h6,15-16H,1,4-5H2,2-3H3,(H,17,20). The van der Waals surface area contributed by atoms with Crippen LogP contribution in [0.1, 0.15) is 16.1 Å². The number of nitrogens with zero attached hydrogens (tertiary/aromatic N) is 2. The molecule has 0 aromatic carbocycles. The van der Waals surface area contributed by atoms with E-state index in [-0.39, 0.29) is 6.54 Å². The molecule has 0 saturated heterocycles. The lowest BCUT2D eigenvalue weighted by molar-refractivity contribution is -0.141. The molecule has 0 atom stereocenters. The Morgan fingerprint density at radius 1 is 1.40 bits per heavy atom. The zero-order valence-corrected chi connectivity index (χ0v) is 11.1. The number of aryl methyl sites for hydroxylation is 1. The third-order valence-corrected chi connectivity index (χ3v) is 2.39. The number of carbonyl (C=O) groups excluding carboxylic acids is 1. The van der Waals surface area contributed by atoms with Gasteiger partial charge < -0.3 is 16.0 Å².